The van der Waals surface area contributed by atoms with Crippen LogP contribution in [0.4, 0.5) is 0 Å². The van der Waals surface area contributed by atoms with Gasteiger partial charge < -0.3 is 5.73 Å². The third kappa shape index (κ3) is 4.25. The van der Waals surface area contributed by atoms with Gasteiger partial charge in [-0.15, -0.1) is 0 Å². The second-order valence-corrected chi connectivity index (χ2v) is 6.64. The molecule has 17 heavy (non-hydrogen) atoms. The first-order valence-electron chi connectivity index (χ1n) is 6.15. The summed E-state index contributed by atoms with van der Waals surface area (Å²) in [7, 11) is -0.981. The Balaban J connectivity index is 2.70. The third-order valence-electron chi connectivity index (χ3n) is 3.01. The summed E-state index contributed by atoms with van der Waals surface area (Å²) in [5.41, 5.74) is 7.22. The van der Waals surface area contributed by atoms with Crippen LogP contribution in [0.15, 0.2) is 29.2 Å². The van der Waals surface area contributed by atoms with Crippen molar-refractivity contribution in [2.45, 2.75) is 44.6 Å². The maximum atomic E-state index is 12.1. The number of benzene rings is 1. The smallest absolute Gasteiger partial charge is 0.0545 e. The first-order chi connectivity index (χ1) is 7.91. The number of nitrogens with two attached hydrogens (primary N) is 1. The summed E-state index contributed by atoms with van der Waals surface area (Å²) in [6.07, 6.45) is 0. The Morgan fingerprint density at radius 1 is 1.12 bits per heavy atom. The third-order valence-corrected chi connectivity index (χ3v) is 4.50. The van der Waals surface area contributed by atoms with E-state index >= 15 is 0 Å². The lowest BCUT2D eigenvalue weighted by molar-refractivity contribution is 0.530. The molecule has 0 saturated heterocycles. The molecule has 2 unspecified atom stereocenters. The second kappa shape index (κ2) is 6.31. The molecule has 0 bridgehead atoms. The zero-order valence-corrected chi connectivity index (χ0v) is 12.0. The summed E-state index contributed by atoms with van der Waals surface area (Å²) in [6.45, 7) is 8.43. The minimum atomic E-state index is -0.981. The molecule has 0 spiro atoms. The van der Waals surface area contributed by atoms with Gasteiger partial charge in [-0.05, 0) is 29.5 Å². The molecular weight excluding hydrogens is 230 g/mol. The zero-order chi connectivity index (χ0) is 13.0. The van der Waals surface area contributed by atoms with Crippen LogP contribution in [0.3, 0.4) is 0 Å². The molecule has 0 aliphatic carbocycles. The lowest BCUT2D eigenvalue weighted by Gasteiger charge is -2.15. The highest BCUT2D eigenvalue weighted by Crippen LogP contribution is 2.17. The quantitative estimate of drug-likeness (QED) is 0.877. The van der Waals surface area contributed by atoms with Crippen LogP contribution >= 0.6 is 0 Å². The Morgan fingerprint density at radius 2 is 1.65 bits per heavy atom. The van der Waals surface area contributed by atoms with E-state index in [4.69, 9.17) is 5.73 Å². The van der Waals surface area contributed by atoms with Crippen LogP contribution < -0.4 is 5.73 Å². The molecule has 2 N–H and O–H groups in total. The molecule has 96 valence electrons. The zero-order valence-electron chi connectivity index (χ0n) is 11.1. The van der Waals surface area contributed by atoms with Gasteiger partial charge in [-0.2, -0.15) is 0 Å². The van der Waals surface area contributed by atoms with Gasteiger partial charge in [0.1, 0.15) is 0 Å². The summed E-state index contributed by atoms with van der Waals surface area (Å²) in [6, 6.07) is 8.02. The first-order valence-corrected chi connectivity index (χ1v) is 7.47. The highest BCUT2D eigenvalue weighted by molar-refractivity contribution is 7.85. The lowest BCUT2D eigenvalue weighted by Crippen LogP contribution is -2.32. The second-order valence-electron chi connectivity index (χ2n) is 5.14. The van der Waals surface area contributed by atoms with Crippen LogP contribution in [-0.2, 0) is 10.8 Å². The first kappa shape index (κ1) is 14.4. The lowest BCUT2D eigenvalue weighted by atomic mass is 10.0. The average Bonchev–Trinajstić information content (AvgIpc) is 2.28. The van der Waals surface area contributed by atoms with Gasteiger partial charge >= 0.3 is 0 Å². The van der Waals surface area contributed by atoms with Crippen molar-refractivity contribution in [1.82, 2.24) is 0 Å². The standard InChI is InChI=1S/C14H23NOS/c1-10(2)12-5-7-13(8-6-12)17(16)9-14(15)11(3)4/h5-8,10-11,14H,9,15H2,1-4H3. The van der Waals surface area contributed by atoms with E-state index in [-0.39, 0.29) is 6.04 Å². The van der Waals surface area contributed by atoms with Crippen LogP contribution in [0.5, 0.6) is 0 Å². The van der Waals surface area contributed by atoms with Gasteiger partial charge in [0.25, 0.3) is 0 Å². The van der Waals surface area contributed by atoms with Crippen LogP contribution in [0.2, 0.25) is 0 Å². The van der Waals surface area contributed by atoms with Crippen molar-refractivity contribution in [2.75, 3.05) is 5.75 Å². The maximum absolute atomic E-state index is 12.1. The molecular formula is C14H23NOS. The van der Waals surface area contributed by atoms with Gasteiger partial charge in [0.05, 0.1) is 10.8 Å². The Labute approximate surface area is 107 Å². The van der Waals surface area contributed by atoms with E-state index in [0.29, 0.717) is 17.6 Å². The van der Waals surface area contributed by atoms with Crippen LogP contribution in [0.1, 0.15) is 39.2 Å². The van der Waals surface area contributed by atoms with E-state index in [1.165, 1.54) is 5.56 Å². The van der Waals surface area contributed by atoms with Crippen molar-refractivity contribution < 1.29 is 4.21 Å². The number of rotatable bonds is 5. The fraction of sp³-hybridized carbons (Fsp3) is 0.571. The highest BCUT2D eigenvalue weighted by Gasteiger charge is 2.13. The highest BCUT2D eigenvalue weighted by atomic mass is 32.2. The largest absolute Gasteiger partial charge is 0.327 e. The minimum Gasteiger partial charge on any atom is -0.327 e. The summed E-state index contributed by atoms with van der Waals surface area (Å²) in [4.78, 5) is 0.880. The molecule has 0 aromatic heterocycles. The van der Waals surface area contributed by atoms with Crippen molar-refractivity contribution in [3.05, 3.63) is 29.8 Å². The van der Waals surface area contributed by atoms with Crippen LogP contribution in [0.25, 0.3) is 0 Å². The summed E-state index contributed by atoms with van der Waals surface area (Å²) < 4.78 is 12.1. The fourth-order valence-electron chi connectivity index (χ4n) is 1.47. The Hall–Kier alpha value is -0.670. The molecule has 0 amide bonds. The van der Waals surface area contributed by atoms with Gasteiger partial charge in [-0.25, -0.2) is 0 Å². The molecule has 0 heterocycles. The van der Waals surface area contributed by atoms with E-state index < -0.39 is 10.8 Å². The van der Waals surface area contributed by atoms with Gasteiger partial charge in [-0.3, -0.25) is 4.21 Å². The monoisotopic (exact) mass is 253 g/mol. The minimum absolute atomic E-state index is 0.000564. The molecule has 0 aliphatic rings. The number of hydrogen-bond donors (Lipinski definition) is 1. The maximum Gasteiger partial charge on any atom is 0.0545 e. The van der Waals surface area contributed by atoms with E-state index in [9.17, 15) is 4.21 Å². The Bertz CT molecular complexity index is 370. The van der Waals surface area contributed by atoms with Gasteiger partial charge in [-0.1, -0.05) is 39.8 Å². The molecule has 0 fully saturated rings. The van der Waals surface area contributed by atoms with Gasteiger partial charge in [0.2, 0.25) is 0 Å². The van der Waals surface area contributed by atoms with Crippen molar-refractivity contribution >= 4 is 10.8 Å². The summed E-state index contributed by atoms with van der Waals surface area (Å²) in [5, 5.41) is 0. The fourth-order valence-corrected chi connectivity index (χ4v) is 2.83. The number of hydrogen-bond acceptors (Lipinski definition) is 2. The van der Waals surface area contributed by atoms with Crippen molar-refractivity contribution in [3.63, 3.8) is 0 Å². The molecule has 2 atom stereocenters. The van der Waals surface area contributed by atoms with E-state index in [2.05, 4.69) is 39.8 Å². The molecule has 0 saturated carbocycles. The Kier molecular flexibility index (Phi) is 5.34. The molecule has 2 nitrogen and oxygen atoms in total. The summed E-state index contributed by atoms with van der Waals surface area (Å²) in [5.74, 6) is 1.42. The molecule has 3 heteroatoms. The van der Waals surface area contributed by atoms with E-state index in [1.807, 2.05) is 12.1 Å². The van der Waals surface area contributed by atoms with E-state index in [1.54, 1.807) is 0 Å². The van der Waals surface area contributed by atoms with Gasteiger partial charge in [0.15, 0.2) is 0 Å². The predicted octanol–water partition coefficient (Wildman–Crippen LogP) is 2.90. The van der Waals surface area contributed by atoms with Crippen molar-refractivity contribution in [3.8, 4) is 0 Å². The molecule has 0 radical (unpaired) electrons. The Morgan fingerprint density at radius 3 is 2.06 bits per heavy atom. The van der Waals surface area contributed by atoms with Crippen LogP contribution in [0, 0.1) is 5.92 Å². The molecule has 1 aromatic rings. The predicted molar refractivity (Wildman–Crippen MR) is 74.6 cm³/mol. The van der Waals surface area contributed by atoms with E-state index in [0.717, 1.165) is 4.90 Å². The normalized spacial score (nSPS) is 15.2. The van der Waals surface area contributed by atoms with Gasteiger partial charge in [0, 0.05) is 16.7 Å². The van der Waals surface area contributed by atoms with Crippen molar-refractivity contribution in [1.29, 1.82) is 0 Å². The van der Waals surface area contributed by atoms with Crippen molar-refractivity contribution in [2.24, 2.45) is 11.7 Å². The molecule has 0 aliphatic heterocycles. The summed E-state index contributed by atoms with van der Waals surface area (Å²) >= 11 is 0. The molecule has 1 rings (SSSR count). The van der Waals surface area contributed by atoms with Crippen LogP contribution in [-0.4, -0.2) is 16.0 Å². The molecule has 1 aromatic carbocycles. The SMILES string of the molecule is CC(C)c1ccc(S(=O)CC(N)C(C)C)cc1. The average molecular weight is 253 g/mol. The topological polar surface area (TPSA) is 43.1 Å².